The minimum absolute atomic E-state index is 0.214. The topological polar surface area (TPSA) is 42.4 Å². The summed E-state index contributed by atoms with van der Waals surface area (Å²) in [6.07, 6.45) is 1.24. The molecule has 0 amide bonds. The second-order valence-corrected chi connectivity index (χ2v) is 6.16. The van der Waals surface area contributed by atoms with Gasteiger partial charge in [-0.1, -0.05) is 18.2 Å². The summed E-state index contributed by atoms with van der Waals surface area (Å²) in [5.41, 5.74) is 6.96. The molecule has 1 fully saturated rings. The fourth-order valence-corrected chi connectivity index (χ4v) is 3.59. The summed E-state index contributed by atoms with van der Waals surface area (Å²) in [5, 5.41) is 1.17. The molecule has 1 aromatic heterocycles. The molecule has 0 spiro atoms. The maximum absolute atomic E-state index is 6.00. The molecule has 2 aromatic rings. The van der Waals surface area contributed by atoms with Crippen LogP contribution in [0.3, 0.4) is 0 Å². The van der Waals surface area contributed by atoms with Crippen molar-refractivity contribution in [1.82, 2.24) is 4.90 Å². The van der Waals surface area contributed by atoms with E-state index in [1.54, 1.807) is 0 Å². The molecule has 0 saturated carbocycles. The highest BCUT2D eigenvalue weighted by Crippen LogP contribution is 2.28. The Kier molecular flexibility index (Phi) is 4.11. The number of nitrogens with two attached hydrogens (primary N) is 1. The molecule has 2 N–H and O–H groups in total. The van der Waals surface area contributed by atoms with Crippen LogP contribution in [0, 0.1) is 0 Å². The van der Waals surface area contributed by atoms with Gasteiger partial charge in [0.05, 0.1) is 6.04 Å². The fraction of sp³-hybridized carbons (Fsp3) is 0.467. The minimum atomic E-state index is 0.214. The lowest BCUT2D eigenvalue weighted by molar-refractivity contribution is 0.195. The van der Waals surface area contributed by atoms with Gasteiger partial charge in [-0.15, -0.1) is 0 Å². The van der Waals surface area contributed by atoms with Crippen molar-refractivity contribution in [2.45, 2.75) is 12.5 Å². The van der Waals surface area contributed by atoms with Crippen molar-refractivity contribution in [2.75, 3.05) is 31.1 Å². The molecule has 19 heavy (non-hydrogen) atoms. The zero-order chi connectivity index (χ0) is 13.1. The normalized spacial score (nSPS) is 19.4. The third-order valence-electron chi connectivity index (χ3n) is 3.69. The molecular weight excluding hydrogens is 256 g/mol. The van der Waals surface area contributed by atoms with Gasteiger partial charge in [-0.2, -0.15) is 11.8 Å². The Bertz CT molecular complexity index is 499. The maximum atomic E-state index is 6.00. The largest absolute Gasteiger partial charge is 0.459 e. The molecule has 1 saturated heterocycles. The average Bonchev–Trinajstić information content (AvgIpc) is 2.67. The monoisotopic (exact) mass is 276 g/mol. The van der Waals surface area contributed by atoms with E-state index < -0.39 is 0 Å². The van der Waals surface area contributed by atoms with Crippen LogP contribution in [0.1, 0.15) is 18.2 Å². The molecule has 0 radical (unpaired) electrons. The second-order valence-electron chi connectivity index (χ2n) is 4.94. The molecule has 4 heteroatoms. The molecule has 3 nitrogen and oxygen atoms in total. The molecule has 2 heterocycles. The number of thioether (sulfide) groups is 1. The summed E-state index contributed by atoms with van der Waals surface area (Å²) in [6.45, 7) is 2.83. The van der Waals surface area contributed by atoms with E-state index >= 15 is 0 Å². The van der Waals surface area contributed by atoms with Crippen LogP contribution in [0.15, 0.2) is 34.7 Å². The number of benzene rings is 1. The highest BCUT2D eigenvalue weighted by Gasteiger charge is 2.23. The molecule has 1 aliphatic rings. The van der Waals surface area contributed by atoms with Gasteiger partial charge in [0, 0.05) is 24.2 Å². The van der Waals surface area contributed by atoms with Gasteiger partial charge in [-0.3, -0.25) is 4.90 Å². The molecular formula is C15H20N2OS. The molecule has 1 aliphatic heterocycles. The van der Waals surface area contributed by atoms with Crippen LogP contribution in [0.2, 0.25) is 0 Å². The Morgan fingerprint density at radius 1 is 1.26 bits per heavy atom. The van der Waals surface area contributed by atoms with Gasteiger partial charge in [0.1, 0.15) is 11.3 Å². The van der Waals surface area contributed by atoms with E-state index in [9.17, 15) is 0 Å². The van der Waals surface area contributed by atoms with Crippen molar-refractivity contribution < 1.29 is 4.42 Å². The van der Waals surface area contributed by atoms with Gasteiger partial charge in [0.15, 0.2) is 0 Å². The molecule has 1 unspecified atom stereocenters. The number of para-hydroxylation sites is 1. The fourth-order valence-electron chi connectivity index (χ4n) is 2.69. The average molecular weight is 276 g/mol. The lowest BCUT2D eigenvalue weighted by atomic mass is 10.1. The second kappa shape index (κ2) is 5.99. The molecule has 0 bridgehead atoms. The summed E-state index contributed by atoms with van der Waals surface area (Å²) in [6, 6.07) is 10.5. The van der Waals surface area contributed by atoms with Crippen molar-refractivity contribution in [3.8, 4) is 0 Å². The van der Waals surface area contributed by atoms with E-state index in [1.165, 1.54) is 23.3 Å². The van der Waals surface area contributed by atoms with Gasteiger partial charge >= 0.3 is 0 Å². The molecule has 0 aliphatic carbocycles. The third kappa shape index (κ3) is 2.81. The van der Waals surface area contributed by atoms with Gasteiger partial charge < -0.3 is 10.2 Å². The van der Waals surface area contributed by atoms with Crippen LogP contribution < -0.4 is 5.73 Å². The smallest absolute Gasteiger partial charge is 0.134 e. The highest BCUT2D eigenvalue weighted by atomic mass is 32.2. The Hall–Kier alpha value is -0.970. The SMILES string of the molecule is NCC(c1cc2ccccc2o1)N1CCCSCC1. The van der Waals surface area contributed by atoms with Crippen LogP contribution in [0.5, 0.6) is 0 Å². The number of furan rings is 1. The molecule has 102 valence electrons. The Morgan fingerprint density at radius 2 is 2.16 bits per heavy atom. The van der Waals surface area contributed by atoms with E-state index in [-0.39, 0.29) is 6.04 Å². The minimum Gasteiger partial charge on any atom is -0.459 e. The predicted octanol–water partition coefficient (Wildman–Crippen LogP) is 2.87. The number of rotatable bonds is 3. The number of fused-ring (bicyclic) bond motifs is 1. The van der Waals surface area contributed by atoms with Crippen molar-refractivity contribution in [1.29, 1.82) is 0 Å². The van der Waals surface area contributed by atoms with E-state index in [2.05, 4.69) is 17.0 Å². The van der Waals surface area contributed by atoms with E-state index in [0.29, 0.717) is 6.54 Å². The summed E-state index contributed by atoms with van der Waals surface area (Å²) < 4.78 is 5.99. The number of hydrogen-bond donors (Lipinski definition) is 1. The van der Waals surface area contributed by atoms with E-state index in [4.69, 9.17) is 10.2 Å². The summed E-state index contributed by atoms with van der Waals surface area (Å²) >= 11 is 2.03. The standard InChI is InChI=1S/C15H20N2OS/c16-11-13(17-6-3-8-19-9-7-17)15-10-12-4-1-2-5-14(12)18-15/h1-2,4-5,10,13H,3,6-9,11,16H2. The predicted molar refractivity (Wildman–Crippen MR) is 81.5 cm³/mol. The van der Waals surface area contributed by atoms with Crippen LogP contribution in [-0.2, 0) is 0 Å². The van der Waals surface area contributed by atoms with Gasteiger partial charge in [0.25, 0.3) is 0 Å². The third-order valence-corrected chi connectivity index (χ3v) is 4.74. The van der Waals surface area contributed by atoms with Crippen LogP contribution in [0.25, 0.3) is 11.0 Å². The van der Waals surface area contributed by atoms with E-state index in [0.717, 1.165) is 24.4 Å². The van der Waals surface area contributed by atoms with Gasteiger partial charge in [-0.05, 0) is 30.9 Å². The van der Waals surface area contributed by atoms with Crippen molar-refractivity contribution in [3.63, 3.8) is 0 Å². The molecule has 1 aromatic carbocycles. The zero-order valence-corrected chi connectivity index (χ0v) is 11.9. The van der Waals surface area contributed by atoms with Crippen LogP contribution in [0.4, 0.5) is 0 Å². The van der Waals surface area contributed by atoms with Crippen molar-refractivity contribution >= 4 is 22.7 Å². The first kappa shape index (κ1) is 13.0. The first-order chi connectivity index (χ1) is 9.38. The summed E-state index contributed by atoms with van der Waals surface area (Å²) in [5.74, 6) is 3.46. The van der Waals surface area contributed by atoms with Crippen LogP contribution >= 0.6 is 11.8 Å². The zero-order valence-electron chi connectivity index (χ0n) is 11.0. The Morgan fingerprint density at radius 3 is 3.00 bits per heavy atom. The quantitative estimate of drug-likeness (QED) is 0.936. The summed E-state index contributed by atoms with van der Waals surface area (Å²) in [7, 11) is 0. The molecule has 1 atom stereocenters. The van der Waals surface area contributed by atoms with Crippen molar-refractivity contribution in [3.05, 3.63) is 36.1 Å². The van der Waals surface area contributed by atoms with Crippen LogP contribution in [-0.4, -0.2) is 36.0 Å². The summed E-state index contributed by atoms with van der Waals surface area (Å²) in [4.78, 5) is 2.47. The van der Waals surface area contributed by atoms with E-state index in [1.807, 2.05) is 30.0 Å². The molecule has 3 rings (SSSR count). The van der Waals surface area contributed by atoms with Crippen molar-refractivity contribution in [2.24, 2.45) is 5.73 Å². The highest BCUT2D eigenvalue weighted by molar-refractivity contribution is 7.99. The Labute approximate surface area is 118 Å². The number of hydrogen-bond acceptors (Lipinski definition) is 4. The lowest BCUT2D eigenvalue weighted by Gasteiger charge is -2.27. The maximum Gasteiger partial charge on any atom is 0.134 e. The Balaban J connectivity index is 1.87. The first-order valence-corrected chi connectivity index (χ1v) is 8.04. The van der Waals surface area contributed by atoms with Gasteiger partial charge in [0.2, 0.25) is 0 Å². The first-order valence-electron chi connectivity index (χ1n) is 6.89. The van der Waals surface area contributed by atoms with Gasteiger partial charge in [-0.25, -0.2) is 0 Å². The lowest BCUT2D eigenvalue weighted by Crippen LogP contribution is -2.35. The number of nitrogens with zero attached hydrogens (tertiary/aromatic N) is 1.